The van der Waals surface area contributed by atoms with Gasteiger partial charge in [0.05, 0.1) is 30.4 Å². The number of anilines is 2. The van der Waals surface area contributed by atoms with Crippen LogP contribution in [0, 0.1) is 0 Å². The van der Waals surface area contributed by atoms with Gasteiger partial charge in [0.15, 0.2) is 0 Å². The average Bonchev–Trinajstić information content (AvgIpc) is 2.64. The minimum atomic E-state index is 0.759. The van der Waals surface area contributed by atoms with Crippen LogP contribution in [0.15, 0.2) is 54.7 Å². The second kappa shape index (κ2) is 6.95. The van der Waals surface area contributed by atoms with E-state index in [4.69, 9.17) is 4.74 Å². The summed E-state index contributed by atoms with van der Waals surface area (Å²) in [5, 5.41) is 3.32. The van der Waals surface area contributed by atoms with E-state index >= 15 is 0 Å². The number of ether oxygens (including phenoxy) is 1. The Hall–Kier alpha value is -2.50. The Labute approximate surface area is 141 Å². The third-order valence-corrected chi connectivity index (χ3v) is 4.18. The van der Waals surface area contributed by atoms with E-state index in [1.54, 1.807) is 6.20 Å². The van der Waals surface area contributed by atoms with E-state index in [1.165, 1.54) is 5.56 Å². The van der Waals surface area contributed by atoms with Gasteiger partial charge < -0.3 is 10.1 Å². The van der Waals surface area contributed by atoms with Crippen LogP contribution < -0.4 is 5.32 Å². The normalized spacial score (nSPS) is 15.5. The first-order chi connectivity index (χ1) is 11.9. The molecule has 0 saturated carbocycles. The Morgan fingerprint density at radius 1 is 0.958 bits per heavy atom. The Morgan fingerprint density at radius 3 is 2.50 bits per heavy atom. The summed E-state index contributed by atoms with van der Waals surface area (Å²) in [6.45, 7) is 4.65. The minimum absolute atomic E-state index is 0.759. The molecule has 5 heteroatoms. The number of hydrogen-bond donors (Lipinski definition) is 1. The zero-order chi connectivity index (χ0) is 16.2. The fourth-order valence-corrected chi connectivity index (χ4v) is 2.88. The van der Waals surface area contributed by atoms with E-state index in [-0.39, 0.29) is 0 Å². The predicted octanol–water partition coefficient (Wildman–Crippen LogP) is 3.21. The summed E-state index contributed by atoms with van der Waals surface area (Å²) >= 11 is 0. The number of nitrogens with zero attached hydrogens (tertiary/aromatic N) is 3. The van der Waals surface area contributed by atoms with Crippen LogP contribution in [0.5, 0.6) is 0 Å². The molecule has 0 amide bonds. The average molecular weight is 320 g/mol. The van der Waals surface area contributed by atoms with Gasteiger partial charge in [0.25, 0.3) is 0 Å². The summed E-state index contributed by atoms with van der Waals surface area (Å²) in [6.07, 6.45) is 1.77. The number of rotatable bonds is 4. The van der Waals surface area contributed by atoms with E-state index in [9.17, 15) is 0 Å². The number of benzene rings is 2. The summed E-state index contributed by atoms with van der Waals surface area (Å²) in [6, 6.07) is 16.4. The molecule has 5 nitrogen and oxygen atoms in total. The van der Waals surface area contributed by atoms with Crippen molar-refractivity contribution in [2.45, 2.75) is 6.54 Å². The van der Waals surface area contributed by atoms with Crippen LogP contribution in [-0.4, -0.2) is 41.2 Å². The van der Waals surface area contributed by atoms with Gasteiger partial charge in [0.2, 0.25) is 0 Å². The lowest BCUT2D eigenvalue weighted by Crippen LogP contribution is -2.35. The number of fused-ring (bicyclic) bond motifs is 1. The lowest BCUT2D eigenvalue weighted by atomic mass is 10.2. The molecule has 2 heterocycles. The molecule has 1 aromatic heterocycles. The van der Waals surface area contributed by atoms with Crippen molar-refractivity contribution < 1.29 is 4.74 Å². The first-order valence-corrected chi connectivity index (χ1v) is 8.25. The third kappa shape index (κ3) is 3.53. The summed E-state index contributed by atoms with van der Waals surface area (Å²) in [7, 11) is 0. The van der Waals surface area contributed by atoms with Crippen molar-refractivity contribution in [1.82, 2.24) is 14.9 Å². The number of morpholine rings is 1. The number of nitrogens with one attached hydrogen (secondary N) is 1. The van der Waals surface area contributed by atoms with Crippen molar-refractivity contribution in [3.8, 4) is 0 Å². The molecular formula is C19H20N4O. The van der Waals surface area contributed by atoms with Crippen LogP contribution in [0.1, 0.15) is 5.56 Å². The monoisotopic (exact) mass is 320 g/mol. The molecular weight excluding hydrogens is 300 g/mol. The first-order valence-electron chi connectivity index (χ1n) is 8.25. The van der Waals surface area contributed by atoms with Gasteiger partial charge in [-0.15, -0.1) is 0 Å². The molecule has 1 aliphatic heterocycles. The summed E-state index contributed by atoms with van der Waals surface area (Å²) in [5.74, 6) is 0.759. The van der Waals surface area contributed by atoms with Gasteiger partial charge in [-0.3, -0.25) is 9.88 Å². The van der Waals surface area contributed by atoms with E-state index in [0.717, 1.165) is 55.4 Å². The van der Waals surface area contributed by atoms with Crippen molar-refractivity contribution in [3.63, 3.8) is 0 Å². The molecule has 0 bridgehead atoms. The second-order valence-corrected chi connectivity index (χ2v) is 5.95. The smallest absolute Gasteiger partial charge is 0.149 e. The lowest BCUT2D eigenvalue weighted by Gasteiger charge is -2.26. The van der Waals surface area contributed by atoms with Crippen LogP contribution >= 0.6 is 0 Å². The van der Waals surface area contributed by atoms with E-state index in [1.807, 2.05) is 24.3 Å². The van der Waals surface area contributed by atoms with E-state index in [2.05, 4.69) is 44.5 Å². The number of aromatic nitrogens is 2. The van der Waals surface area contributed by atoms with Crippen LogP contribution in [0.3, 0.4) is 0 Å². The third-order valence-electron chi connectivity index (χ3n) is 4.18. The highest BCUT2D eigenvalue weighted by molar-refractivity contribution is 5.76. The van der Waals surface area contributed by atoms with Crippen LogP contribution in [0.2, 0.25) is 0 Å². The van der Waals surface area contributed by atoms with Gasteiger partial charge in [-0.25, -0.2) is 4.98 Å². The van der Waals surface area contributed by atoms with Crippen molar-refractivity contribution in [1.29, 1.82) is 0 Å². The predicted molar refractivity (Wildman–Crippen MR) is 95.4 cm³/mol. The van der Waals surface area contributed by atoms with Gasteiger partial charge in [-0.2, -0.15) is 0 Å². The van der Waals surface area contributed by atoms with Crippen molar-refractivity contribution in [2.75, 3.05) is 31.6 Å². The molecule has 3 aromatic rings. The molecule has 24 heavy (non-hydrogen) atoms. The maximum Gasteiger partial charge on any atom is 0.149 e. The van der Waals surface area contributed by atoms with E-state index in [0.29, 0.717) is 0 Å². The van der Waals surface area contributed by atoms with Crippen LogP contribution in [0.25, 0.3) is 11.0 Å². The summed E-state index contributed by atoms with van der Waals surface area (Å²) in [5.41, 5.74) is 4.13. The number of para-hydroxylation sites is 2. The van der Waals surface area contributed by atoms with Crippen LogP contribution in [-0.2, 0) is 11.3 Å². The molecule has 0 atom stereocenters. The minimum Gasteiger partial charge on any atom is -0.379 e. The van der Waals surface area contributed by atoms with Crippen molar-refractivity contribution >= 4 is 22.5 Å². The molecule has 1 aliphatic rings. The molecule has 0 unspecified atom stereocenters. The van der Waals surface area contributed by atoms with Crippen LogP contribution in [0.4, 0.5) is 11.5 Å². The maximum absolute atomic E-state index is 5.39. The van der Waals surface area contributed by atoms with Crippen molar-refractivity contribution in [3.05, 3.63) is 60.3 Å². The quantitative estimate of drug-likeness (QED) is 0.800. The van der Waals surface area contributed by atoms with E-state index < -0.39 is 0 Å². The Kier molecular flexibility index (Phi) is 4.36. The van der Waals surface area contributed by atoms with Gasteiger partial charge in [-0.05, 0) is 29.8 Å². The molecule has 4 rings (SSSR count). The SMILES string of the molecule is c1ccc2nc(Nc3ccc(CN4CCOCC4)cc3)cnc2c1. The zero-order valence-electron chi connectivity index (χ0n) is 13.5. The molecule has 122 valence electrons. The molecule has 1 saturated heterocycles. The number of hydrogen-bond acceptors (Lipinski definition) is 5. The lowest BCUT2D eigenvalue weighted by molar-refractivity contribution is 0.0342. The van der Waals surface area contributed by atoms with Gasteiger partial charge in [-0.1, -0.05) is 24.3 Å². The van der Waals surface area contributed by atoms with Gasteiger partial charge >= 0.3 is 0 Å². The fourth-order valence-electron chi connectivity index (χ4n) is 2.88. The Balaban J connectivity index is 1.44. The topological polar surface area (TPSA) is 50.3 Å². The van der Waals surface area contributed by atoms with Gasteiger partial charge in [0, 0.05) is 25.3 Å². The largest absolute Gasteiger partial charge is 0.379 e. The second-order valence-electron chi connectivity index (χ2n) is 5.95. The maximum atomic E-state index is 5.39. The highest BCUT2D eigenvalue weighted by Gasteiger charge is 2.10. The molecule has 1 N–H and O–H groups in total. The molecule has 0 radical (unpaired) electrons. The van der Waals surface area contributed by atoms with Crippen molar-refractivity contribution in [2.24, 2.45) is 0 Å². The molecule has 0 aliphatic carbocycles. The highest BCUT2D eigenvalue weighted by Crippen LogP contribution is 2.18. The molecule has 1 fully saturated rings. The fraction of sp³-hybridized carbons (Fsp3) is 0.263. The first kappa shape index (κ1) is 15.1. The summed E-state index contributed by atoms with van der Waals surface area (Å²) < 4.78 is 5.39. The highest BCUT2D eigenvalue weighted by atomic mass is 16.5. The molecule has 0 spiro atoms. The zero-order valence-corrected chi connectivity index (χ0v) is 13.5. The van der Waals surface area contributed by atoms with Gasteiger partial charge in [0.1, 0.15) is 5.82 Å². The Bertz CT molecular complexity index is 813. The summed E-state index contributed by atoms with van der Waals surface area (Å²) in [4.78, 5) is 11.4. The molecule has 2 aromatic carbocycles. The standard InChI is InChI=1S/C19H20N4O/c1-2-4-18-17(3-1)20-13-19(22-18)21-16-7-5-15(6-8-16)14-23-9-11-24-12-10-23/h1-8,13H,9-12,14H2,(H,21,22). The Morgan fingerprint density at radius 2 is 1.71 bits per heavy atom.